The molecule has 6 aromatic carbocycles. The second-order valence-electron chi connectivity index (χ2n) is 11.4. The van der Waals surface area contributed by atoms with E-state index in [1.54, 1.807) is 0 Å². The van der Waals surface area contributed by atoms with Gasteiger partial charge in [0.15, 0.2) is 28.6 Å². The maximum absolute atomic E-state index is 6.21. The zero-order valence-electron chi connectivity index (χ0n) is 25.5. The van der Waals surface area contributed by atoms with Crippen molar-refractivity contribution in [3.63, 3.8) is 0 Å². The Morgan fingerprint density at radius 3 is 1.21 bits per heavy atom. The number of rotatable bonds is 6. The van der Waals surface area contributed by atoms with Crippen LogP contribution < -0.4 is 0 Å². The van der Waals surface area contributed by atoms with E-state index in [1.165, 1.54) is 0 Å². The van der Waals surface area contributed by atoms with Gasteiger partial charge in [-0.1, -0.05) is 103 Å². The molecule has 0 radical (unpaired) electrons. The van der Waals surface area contributed by atoms with Crippen molar-refractivity contribution in [2.45, 2.75) is 0 Å². The first-order chi connectivity index (χ1) is 23.7. The third-order valence-corrected chi connectivity index (χ3v) is 8.17. The first kappa shape index (κ1) is 27.6. The summed E-state index contributed by atoms with van der Waals surface area (Å²) in [6.07, 6.45) is 0. The minimum Gasteiger partial charge on any atom is -0.436 e. The summed E-state index contributed by atoms with van der Waals surface area (Å²) in [5.74, 6) is 2.84. The normalized spacial score (nSPS) is 11.3. The van der Waals surface area contributed by atoms with E-state index < -0.39 is 0 Å². The van der Waals surface area contributed by atoms with E-state index in [0.29, 0.717) is 29.3 Å². The number of benzene rings is 6. The highest BCUT2D eigenvalue weighted by molar-refractivity contribution is 5.83. The van der Waals surface area contributed by atoms with Gasteiger partial charge in [0.1, 0.15) is 11.0 Å². The highest BCUT2D eigenvalue weighted by Crippen LogP contribution is 2.36. The summed E-state index contributed by atoms with van der Waals surface area (Å²) in [5.41, 5.74) is 9.26. The lowest BCUT2D eigenvalue weighted by Crippen LogP contribution is -2.00. The number of fused-ring (bicyclic) bond motifs is 2. The predicted molar refractivity (Wildman–Crippen MR) is 188 cm³/mol. The van der Waals surface area contributed by atoms with Gasteiger partial charge in [0.05, 0.1) is 0 Å². The molecule has 0 atom stereocenters. The third-order valence-electron chi connectivity index (χ3n) is 8.17. The van der Waals surface area contributed by atoms with Crippen LogP contribution in [0.4, 0.5) is 0 Å². The molecule has 0 aliphatic rings. The van der Waals surface area contributed by atoms with Crippen LogP contribution >= 0.6 is 0 Å². The Balaban J connectivity index is 1.20. The van der Waals surface area contributed by atoms with Crippen molar-refractivity contribution in [3.8, 4) is 68.2 Å². The average molecular weight is 620 g/mol. The van der Waals surface area contributed by atoms with Gasteiger partial charge >= 0.3 is 0 Å². The monoisotopic (exact) mass is 619 g/mol. The molecule has 48 heavy (non-hydrogen) atoms. The van der Waals surface area contributed by atoms with Gasteiger partial charge in [-0.25, -0.2) is 24.9 Å². The van der Waals surface area contributed by atoms with E-state index in [2.05, 4.69) is 24.3 Å². The standard InChI is InChI=1S/C41H25N5O2/c1-3-12-26(13-4-1)37-44-38(27-14-5-2-6-15-27)46-39(45-37)29-17-11-16-28(22-29)30-23-31(40-42-33-18-7-9-20-35(33)47-40)25-32(24-30)41-43-34-19-8-10-21-36(34)48-41/h1-25H. The van der Waals surface area contributed by atoms with Crippen LogP contribution in [-0.2, 0) is 0 Å². The van der Waals surface area contributed by atoms with Crippen molar-refractivity contribution in [2.75, 3.05) is 0 Å². The number of oxazole rings is 2. The van der Waals surface area contributed by atoms with Gasteiger partial charge in [0, 0.05) is 27.8 Å². The number of para-hydroxylation sites is 4. The van der Waals surface area contributed by atoms with Crippen molar-refractivity contribution in [1.82, 2.24) is 24.9 Å². The molecule has 3 heterocycles. The Hall–Kier alpha value is -6.73. The van der Waals surface area contributed by atoms with E-state index in [-0.39, 0.29) is 0 Å². The molecule has 7 heteroatoms. The van der Waals surface area contributed by atoms with Gasteiger partial charge in [-0.2, -0.15) is 0 Å². The highest BCUT2D eigenvalue weighted by Gasteiger charge is 2.17. The van der Waals surface area contributed by atoms with E-state index in [1.807, 2.05) is 127 Å². The molecule has 9 rings (SSSR count). The lowest BCUT2D eigenvalue weighted by atomic mass is 9.98. The molecule has 7 nitrogen and oxygen atoms in total. The topological polar surface area (TPSA) is 90.7 Å². The Kier molecular flexibility index (Phi) is 6.64. The Morgan fingerprint density at radius 1 is 0.292 bits per heavy atom. The fourth-order valence-electron chi connectivity index (χ4n) is 5.81. The molecule has 0 spiro atoms. The first-order valence-corrected chi connectivity index (χ1v) is 15.6. The van der Waals surface area contributed by atoms with Gasteiger partial charge in [-0.3, -0.25) is 0 Å². The molecule has 0 aliphatic carbocycles. The fraction of sp³-hybridized carbons (Fsp3) is 0. The van der Waals surface area contributed by atoms with Crippen LogP contribution in [0.2, 0.25) is 0 Å². The number of aromatic nitrogens is 5. The van der Waals surface area contributed by atoms with Gasteiger partial charge in [0.25, 0.3) is 0 Å². The first-order valence-electron chi connectivity index (χ1n) is 15.6. The molecule has 0 bridgehead atoms. The molecule has 0 aliphatic heterocycles. The second kappa shape index (κ2) is 11.6. The zero-order chi connectivity index (χ0) is 31.9. The van der Waals surface area contributed by atoms with Crippen LogP contribution in [0.15, 0.2) is 160 Å². The van der Waals surface area contributed by atoms with Gasteiger partial charge in [0.2, 0.25) is 11.8 Å². The van der Waals surface area contributed by atoms with E-state index in [0.717, 1.165) is 61.1 Å². The van der Waals surface area contributed by atoms with Crippen LogP contribution in [0.1, 0.15) is 0 Å². The molecule has 3 aromatic heterocycles. The fourth-order valence-corrected chi connectivity index (χ4v) is 5.81. The highest BCUT2D eigenvalue weighted by atomic mass is 16.4. The lowest BCUT2D eigenvalue weighted by Gasteiger charge is -2.11. The largest absolute Gasteiger partial charge is 0.436 e. The van der Waals surface area contributed by atoms with E-state index >= 15 is 0 Å². The molecular weight excluding hydrogens is 594 g/mol. The number of hydrogen-bond acceptors (Lipinski definition) is 7. The zero-order valence-corrected chi connectivity index (χ0v) is 25.5. The minimum atomic E-state index is 0.518. The summed E-state index contributed by atoms with van der Waals surface area (Å²) in [4.78, 5) is 24.3. The van der Waals surface area contributed by atoms with Crippen LogP contribution in [0.5, 0.6) is 0 Å². The van der Waals surface area contributed by atoms with Crippen LogP contribution in [0, 0.1) is 0 Å². The van der Waals surface area contributed by atoms with E-state index in [4.69, 9.17) is 33.8 Å². The van der Waals surface area contributed by atoms with Crippen LogP contribution in [0.3, 0.4) is 0 Å². The maximum atomic E-state index is 6.21. The molecule has 9 aromatic rings. The molecule has 226 valence electrons. The molecular formula is C41H25N5O2. The van der Waals surface area contributed by atoms with Crippen molar-refractivity contribution >= 4 is 22.2 Å². The van der Waals surface area contributed by atoms with Gasteiger partial charge in [-0.15, -0.1) is 0 Å². The quantitative estimate of drug-likeness (QED) is 0.183. The molecule has 0 unspecified atom stereocenters. The van der Waals surface area contributed by atoms with Gasteiger partial charge in [-0.05, 0) is 59.7 Å². The van der Waals surface area contributed by atoms with Crippen molar-refractivity contribution in [3.05, 3.63) is 152 Å². The summed E-state index contributed by atoms with van der Waals surface area (Å²) in [6.45, 7) is 0. The average Bonchev–Trinajstić information content (AvgIpc) is 3.81. The molecule has 0 saturated heterocycles. The summed E-state index contributed by atoms with van der Waals surface area (Å²) in [5, 5.41) is 0. The predicted octanol–water partition coefficient (Wildman–Crippen LogP) is 10.2. The number of nitrogens with zero attached hydrogens (tertiary/aromatic N) is 5. The minimum absolute atomic E-state index is 0.518. The van der Waals surface area contributed by atoms with Crippen LogP contribution in [-0.4, -0.2) is 24.9 Å². The molecule has 0 N–H and O–H groups in total. The Bertz CT molecular complexity index is 2360. The third kappa shape index (κ3) is 5.19. The second-order valence-corrected chi connectivity index (χ2v) is 11.4. The Labute approximate surface area is 275 Å². The van der Waals surface area contributed by atoms with Gasteiger partial charge < -0.3 is 8.83 Å². The van der Waals surface area contributed by atoms with Crippen molar-refractivity contribution in [2.24, 2.45) is 0 Å². The summed E-state index contributed by atoms with van der Waals surface area (Å²) < 4.78 is 12.4. The maximum Gasteiger partial charge on any atom is 0.227 e. The van der Waals surface area contributed by atoms with Crippen LogP contribution in [0.25, 0.3) is 90.4 Å². The Morgan fingerprint density at radius 2 is 0.688 bits per heavy atom. The lowest BCUT2D eigenvalue weighted by molar-refractivity contribution is 0.617. The smallest absolute Gasteiger partial charge is 0.227 e. The molecule has 0 saturated carbocycles. The van der Waals surface area contributed by atoms with Crippen molar-refractivity contribution in [1.29, 1.82) is 0 Å². The van der Waals surface area contributed by atoms with E-state index in [9.17, 15) is 0 Å². The summed E-state index contributed by atoms with van der Waals surface area (Å²) in [7, 11) is 0. The molecule has 0 fully saturated rings. The molecule has 0 amide bonds. The van der Waals surface area contributed by atoms with Crippen molar-refractivity contribution < 1.29 is 8.83 Å². The number of hydrogen-bond donors (Lipinski definition) is 0. The summed E-state index contributed by atoms with van der Waals surface area (Å²) >= 11 is 0. The SMILES string of the molecule is c1ccc(-c2nc(-c3ccccc3)nc(-c3cccc(-c4cc(-c5nc6ccccc6o5)cc(-c5nc6ccccc6o5)c4)c3)n2)cc1. The summed E-state index contributed by atoms with van der Waals surface area (Å²) in [6, 6.07) is 49.8.